The number of para-hydroxylation sites is 1. The van der Waals surface area contributed by atoms with Crippen molar-refractivity contribution in [3.05, 3.63) is 88.3 Å². The minimum Gasteiger partial charge on any atom is -0.493 e. The number of hydrogen-bond donors (Lipinski definition) is 1. The molecule has 1 aliphatic rings. The molecule has 4 rings (SSSR count). The van der Waals surface area contributed by atoms with Crippen LogP contribution in [0.15, 0.2) is 71.6 Å². The van der Waals surface area contributed by atoms with Crippen molar-refractivity contribution in [1.82, 2.24) is 0 Å². The zero-order valence-electron chi connectivity index (χ0n) is 20.8. The van der Waals surface area contributed by atoms with Crippen LogP contribution in [0.3, 0.4) is 0 Å². The van der Waals surface area contributed by atoms with Gasteiger partial charge in [0.15, 0.2) is 16.4 Å². The van der Waals surface area contributed by atoms with Crippen molar-refractivity contribution in [3.8, 4) is 11.5 Å². The van der Waals surface area contributed by atoms with E-state index in [0.717, 1.165) is 5.56 Å². The average molecular weight is 523 g/mol. The number of esters is 1. The Labute approximate surface area is 215 Å². The fourth-order valence-corrected chi connectivity index (χ4v) is 5.93. The van der Waals surface area contributed by atoms with Crippen LogP contribution in [-0.2, 0) is 26.1 Å². The molecule has 37 heavy (non-hydrogen) atoms. The zero-order valence-corrected chi connectivity index (χ0v) is 21.6. The molecule has 0 saturated heterocycles. The Balaban J connectivity index is 1.88. The largest absolute Gasteiger partial charge is 0.493 e. The first-order valence-electron chi connectivity index (χ1n) is 11.3. The summed E-state index contributed by atoms with van der Waals surface area (Å²) in [6.45, 7) is 1.54. The Bertz CT molecular complexity index is 1500. The number of carbonyl (C=O) groups is 2. The SMILES string of the molecule is COC(=O)c1ccccc1NC(=O)C1=C(C)c2cc(OC)c(OC)cc2N(Cc2ccccc2)S1(=O)=O. The third kappa shape index (κ3) is 4.75. The maximum Gasteiger partial charge on any atom is 0.339 e. The summed E-state index contributed by atoms with van der Waals surface area (Å²) in [5.41, 5.74) is 2.02. The first-order chi connectivity index (χ1) is 17.7. The van der Waals surface area contributed by atoms with Crippen LogP contribution in [0, 0.1) is 0 Å². The van der Waals surface area contributed by atoms with Gasteiger partial charge in [-0.2, -0.15) is 0 Å². The van der Waals surface area contributed by atoms with E-state index < -0.39 is 26.8 Å². The molecule has 0 radical (unpaired) electrons. The van der Waals surface area contributed by atoms with E-state index >= 15 is 0 Å². The quantitative estimate of drug-likeness (QED) is 0.463. The van der Waals surface area contributed by atoms with Crippen LogP contribution < -0.4 is 19.1 Å². The van der Waals surface area contributed by atoms with E-state index in [2.05, 4.69) is 5.32 Å². The topological polar surface area (TPSA) is 111 Å². The highest BCUT2D eigenvalue weighted by Crippen LogP contribution is 2.45. The molecule has 10 heteroatoms. The fraction of sp³-hybridized carbons (Fsp3) is 0.185. The molecule has 1 aliphatic heterocycles. The summed E-state index contributed by atoms with van der Waals surface area (Å²) >= 11 is 0. The summed E-state index contributed by atoms with van der Waals surface area (Å²) in [6.07, 6.45) is 0. The number of anilines is 2. The molecule has 0 unspecified atom stereocenters. The Morgan fingerprint density at radius 2 is 1.51 bits per heavy atom. The van der Waals surface area contributed by atoms with Crippen LogP contribution in [0.1, 0.15) is 28.4 Å². The van der Waals surface area contributed by atoms with Gasteiger partial charge < -0.3 is 19.5 Å². The van der Waals surface area contributed by atoms with E-state index in [-0.39, 0.29) is 23.4 Å². The number of hydrogen-bond acceptors (Lipinski definition) is 7. The number of fused-ring (bicyclic) bond motifs is 1. The summed E-state index contributed by atoms with van der Waals surface area (Å²) in [7, 11) is -0.182. The molecule has 1 N–H and O–H groups in total. The number of allylic oxidation sites excluding steroid dienone is 1. The van der Waals surface area contributed by atoms with Gasteiger partial charge >= 0.3 is 5.97 Å². The number of ether oxygens (including phenoxy) is 3. The molecule has 0 saturated carbocycles. The Kier molecular flexibility index (Phi) is 7.21. The summed E-state index contributed by atoms with van der Waals surface area (Å²) in [5, 5.41) is 2.59. The zero-order chi connectivity index (χ0) is 26.7. The summed E-state index contributed by atoms with van der Waals surface area (Å²) < 4.78 is 44.8. The van der Waals surface area contributed by atoms with Gasteiger partial charge in [-0.05, 0) is 36.3 Å². The third-order valence-electron chi connectivity index (χ3n) is 6.02. The standard InChI is InChI=1S/C27H26N2O7S/c1-17-20-14-23(34-2)24(35-3)15-22(20)29(16-18-10-6-5-7-11-18)37(32,33)25(17)26(30)28-21-13-9-8-12-19(21)27(31)36-4/h5-15H,16H2,1-4H3,(H,28,30). The van der Waals surface area contributed by atoms with Crippen LogP contribution in [-0.4, -0.2) is 41.6 Å². The van der Waals surface area contributed by atoms with Crippen LogP contribution in [0.4, 0.5) is 11.4 Å². The smallest absolute Gasteiger partial charge is 0.339 e. The molecule has 1 heterocycles. The molecule has 0 bridgehead atoms. The van der Waals surface area contributed by atoms with Crippen molar-refractivity contribution in [3.63, 3.8) is 0 Å². The van der Waals surface area contributed by atoms with E-state index in [1.165, 1.54) is 37.8 Å². The molecule has 0 aliphatic carbocycles. The fourth-order valence-electron chi connectivity index (χ4n) is 4.20. The van der Waals surface area contributed by atoms with E-state index in [0.29, 0.717) is 22.7 Å². The van der Waals surface area contributed by atoms with Crippen LogP contribution in [0.5, 0.6) is 11.5 Å². The molecule has 1 amide bonds. The van der Waals surface area contributed by atoms with Crippen molar-refractivity contribution >= 4 is 38.8 Å². The van der Waals surface area contributed by atoms with E-state index in [1.807, 2.05) is 6.07 Å². The Morgan fingerprint density at radius 3 is 2.16 bits per heavy atom. The second-order valence-corrected chi connectivity index (χ2v) is 9.97. The molecule has 0 fully saturated rings. The van der Waals surface area contributed by atoms with Crippen molar-refractivity contribution in [1.29, 1.82) is 0 Å². The lowest BCUT2D eigenvalue weighted by atomic mass is 10.0. The number of nitrogens with zero attached hydrogens (tertiary/aromatic N) is 1. The van der Waals surface area contributed by atoms with Gasteiger partial charge in [0.25, 0.3) is 15.9 Å². The van der Waals surface area contributed by atoms with Crippen molar-refractivity contribution in [2.75, 3.05) is 31.0 Å². The van der Waals surface area contributed by atoms with Crippen LogP contribution in [0.25, 0.3) is 5.57 Å². The lowest BCUT2D eigenvalue weighted by Gasteiger charge is -2.33. The van der Waals surface area contributed by atoms with Crippen LogP contribution >= 0.6 is 0 Å². The first-order valence-corrected chi connectivity index (χ1v) is 12.7. The molecule has 3 aromatic rings. The summed E-state index contributed by atoms with van der Waals surface area (Å²) in [5.74, 6) is -0.814. The summed E-state index contributed by atoms with van der Waals surface area (Å²) in [4.78, 5) is 25.3. The average Bonchev–Trinajstić information content (AvgIpc) is 2.90. The third-order valence-corrected chi connectivity index (χ3v) is 7.93. The molecule has 3 aromatic carbocycles. The van der Waals surface area contributed by atoms with Gasteiger partial charge in [0.2, 0.25) is 0 Å². The van der Waals surface area contributed by atoms with Gasteiger partial charge in [-0.3, -0.25) is 9.10 Å². The van der Waals surface area contributed by atoms with Crippen LogP contribution in [0.2, 0.25) is 0 Å². The summed E-state index contributed by atoms with van der Waals surface area (Å²) in [6, 6.07) is 18.5. The van der Waals surface area contributed by atoms with E-state index in [4.69, 9.17) is 14.2 Å². The molecule has 9 nitrogen and oxygen atoms in total. The molecule has 0 aromatic heterocycles. The van der Waals surface area contributed by atoms with Crippen molar-refractivity contribution < 1.29 is 32.2 Å². The lowest BCUT2D eigenvalue weighted by molar-refractivity contribution is -0.112. The van der Waals surface area contributed by atoms with Crippen molar-refractivity contribution in [2.24, 2.45) is 0 Å². The number of amides is 1. The minimum atomic E-state index is -4.34. The molecule has 0 spiro atoms. The monoisotopic (exact) mass is 522 g/mol. The number of carbonyl (C=O) groups excluding carboxylic acids is 2. The minimum absolute atomic E-state index is 0.0194. The highest BCUT2D eigenvalue weighted by Gasteiger charge is 2.40. The molecule has 0 atom stereocenters. The normalized spacial score (nSPS) is 14.0. The molecule has 192 valence electrons. The van der Waals surface area contributed by atoms with Gasteiger partial charge in [0.05, 0.1) is 44.8 Å². The highest BCUT2D eigenvalue weighted by molar-refractivity contribution is 7.97. The van der Waals surface area contributed by atoms with Gasteiger partial charge in [0, 0.05) is 11.6 Å². The lowest BCUT2D eigenvalue weighted by Crippen LogP contribution is -2.39. The first kappa shape index (κ1) is 25.8. The Hall–Kier alpha value is -4.31. The van der Waals surface area contributed by atoms with Crippen molar-refractivity contribution in [2.45, 2.75) is 13.5 Å². The van der Waals surface area contributed by atoms with E-state index in [1.54, 1.807) is 55.5 Å². The number of rotatable bonds is 7. The van der Waals surface area contributed by atoms with Gasteiger partial charge in [-0.1, -0.05) is 42.5 Å². The predicted octanol–water partition coefficient (Wildman–Crippen LogP) is 4.21. The van der Waals surface area contributed by atoms with E-state index in [9.17, 15) is 18.0 Å². The van der Waals surface area contributed by atoms with Gasteiger partial charge in [-0.25, -0.2) is 13.2 Å². The Morgan fingerprint density at radius 1 is 0.892 bits per heavy atom. The second-order valence-electron chi connectivity index (χ2n) is 8.17. The number of nitrogens with one attached hydrogen (secondary N) is 1. The highest BCUT2D eigenvalue weighted by atomic mass is 32.2. The maximum atomic E-state index is 14.0. The molecular formula is C27H26N2O7S. The molecular weight excluding hydrogens is 496 g/mol. The number of methoxy groups -OCH3 is 3. The predicted molar refractivity (Wildman–Crippen MR) is 140 cm³/mol. The maximum absolute atomic E-state index is 14.0. The van der Waals surface area contributed by atoms with Gasteiger partial charge in [0.1, 0.15) is 0 Å². The number of sulfonamides is 1. The number of benzene rings is 3. The van der Waals surface area contributed by atoms with Gasteiger partial charge in [-0.15, -0.1) is 0 Å². The second kappa shape index (κ2) is 10.4.